The summed E-state index contributed by atoms with van der Waals surface area (Å²) < 4.78 is 0. The van der Waals surface area contributed by atoms with Crippen molar-refractivity contribution in [2.45, 2.75) is 13.3 Å². The maximum absolute atomic E-state index is 11.9. The molecule has 21 heavy (non-hydrogen) atoms. The van der Waals surface area contributed by atoms with E-state index < -0.39 is 0 Å². The second-order valence-electron chi connectivity index (χ2n) is 5.11. The quantitative estimate of drug-likeness (QED) is 0.869. The Hall–Kier alpha value is -1.75. The fourth-order valence-corrected chi connectivity index (χ4v) is 2.51. The molecule has 3 amide bonds. The number of hydrogen-bond acceptors (Lipinski definition) is 3. The zero-order valence-electron chi connectivity index (χ0n) is 12.1. The predicted molar refractivity (Wildman–Crippen MR) is 83.8 cm³/mol. The van der Waals surface area contributed by atoms with Crippen molar-refractivity contribution >= 4 is 29.2 Å². The average Bonchev–Trinajstić information content (AvgIpc) is 2.47. The van der Waals surface area contributed by atoms with Crippen LogP contribution in [0.25, 0.3) is 0 Å². The van der Waals surface area contributed by atoms with Crippen molar-refractivity contribution in [3.8, 4) is 0 Å². The molecule has 0 aromatic heterocycles. The molecule has 2 rings (SSSR count). The number of aryl methyl sites for hydroxylation is 1. The molecule has 1 heterocycles. The molecule has 1 saturated heterocycles. The Morgan fingerprint density at radius 3 is 2.57 bits per heavy atom. The first-order valence-electron chi connectivity index (χ1n) is 7.06. The van der Waals surface area contributed by atoms with Crippen molar-refractivity contribution < 1.29 is 9.59 Å². The summed E-state index contributed by atoms with van der Waals surface area (Å²) in [5.41, 5.74) is 2.40. The van der Waals surface area contributed by atoms with E-state index in [1.165, 1.54) is 11.3 Å². The number of amides is 3. The zero-order valence-corrected chi connectivity index (χ0v) is 12.9. The first-order valence-corrected chi connectivity index (χ1v) is 7.60. The summed E-state index contributed by atoms with van der Waals surface area (Å²) in [6.07, 6.45) is 0.163. The number of imide groups is 1. The van der Waals surface area contributed by atoms with Crippen LogP contribution < -0.4 is 10.2 Å². The summed E-state index contributed by atoms with van der Waals surface area (Å²) in [6, 6.07) is 7.99. The van der Waals surface area contributed by atoms with E-state index in [1.54, 1.807) is 4.90 Å². The average molecular weight is 310 g/mol. The SMILES string of the molecule is Cc1cccc(N2CCN(C(=O)NC(=O)CCCl)CC2)c1. The number of halogens is 1. The van der Waals surface area contributed by atoms with Crippen LogP contribution in [0.3, 0.4) is 0 Å². The maximum atomic E-state index is 11.9. The number of carbonyl (C=O) groups excluding carboxylic acids is 2. The molecular weight excluding hydrogens is 290 g/mol. The van der Waals surface area contributed by atoms with Gasteiger partial charge in [-0.25, -0.2) is 4.79 Å². The molecule has 0 atom stereocenters. The van der Waals surface area contributed by atoms with Gasteiger partial charge >= 0.3 is 6.03 Å². The molecule has 1 aliphatic rings. The summed E-state index contributed by atoms with van der Waals surface area (Å²) >= 11 is 5.47. The van der Waals surface area contributed by atoms with Gasteiger partial charge in [-0.15, -0.1) is 11.6 Å². The summed E-state index contributed by atoms with van der Waals surface area (Å²) in [6.45, 7) is 4.80. The van der Waals surface area contributed by atoms with Crippen molar-refractivity contribution in [3.63, 3.8) is 0 Å². The van der Waals surface area contributed by atoms with Gasteiger partial charge in [0.05, 0.1) is 0 Å². The summed E-state index contributed by atoms with van der Waals surface area (Å²) in [5, 5.41) is 2.36. The van der Waals surface area contributed by atoms with Crippen LogP contribution in [0.4, 0.5) is 10.5 Å². The minimum atomic E-state index is -0.325. The molecule has 1 N–H and O–H groups in total. The number of rotatable bonds is 3. The Bertz CT molecular complexity index is 513. The lowest BCUT2D eigenvalue weighted by Gasteiger charge is -2.36. The van der Waals surface area contributed by atoms with Gasteiger partial charge in [-0.05, 0) is 24.6 Å². The normalized spacial score (nSPS) is 15.0. The molecule has 1 fully saturated rings. The lowest BCUT2D eigenvalue weighted by atomic mass is 10.2. The second kappa shape index (κ2) is 7.31. The molecule has 0 bridgehead atoms. The Labute approximate surface area is 129 Å². The van der Waals surface area contributed by atoms with Crippen LogP contribution in [0.5, 0.6) is 0 Å². The predicted octanol–water partition coefficient (Wildman–Crippen LogP) is 1.98. The van der Waals surface area contributed by atoms with Crippen molar-refractivity contribution in [1.82, 2.24) is 10.2 Å². The lowest BCUT2D eigenvalue weighted by Crippen LogP contribution is -2.52. The molecule has 1 aliphatic heterocycles. The van der Waals surface area contributed by atoms with E-state index in [4.69, 9.17) is 11.6 Å². The third-order valence-electron chi connectivity index (χ3n) is 3.50. The number of carbonyl (C=O) groups is 2. The van der Waals surface area contributed by atoms with Gasteiger partial charge in [0.25, 0.3) is 0 Å². The highest BCUT2D eigenvalue weighted by molar-refractivity contribution is 6.19. The second-order valence-corrected chi connectivity index (χ2v) is 5.48. The van der Waals surface area contributed by atoms with Gasteiger partial charge in [0.2, 0.25) is 5.91 Å². The molecule has 5 nitrogen and oxygen atoms in total. The van der Waals surface area contributed by atoms with Gasteiger partial charge < -0.3 is 9.80 Å². The van der Waals surface area contributed by atoms with E-state index in [2.05, 4.69) is 35.3 Å². The van der Waals surface area contributed by atoms with Gasteiger partial charge in [-0.2, -0.15) is 0 Å². The number of nitrogens with zero attached hydrogens (tertiary/aromatic N) is 2. The molecule has 1 aromatic carbocycles. The van der Waals surface area contributed by atoms with Crippen LogP contribution in [-0.2, 0) is 4.79 Å². The Kier molecular flexibility index (Phi) is 5.44. The van der Waals surface area contributed by atoms with Crippen LogP contribution in [0.15, 0.2) is 24.3 Å². The molecular formula is C15H20ClN3O2. The van der Waals surface area contributed by atoms with Crippen LogP contribution >= 0.6 is 11.6 Å². The van der Waals surface area contributed by atoms with Crippen molar-refractivity contribution in [1.29, 1.82) is 0 Å². The van der Waals surface area contributed by atoms with Crippen LogP contribution in [-0.4, -0.2) is 48.9 Å². The lowest BCUT2D eigenvalue weighted by molar-refractivity contribution is -0.119. The van der Waals surface area contributed by atoms with E-state index in [1.807, 2.05) is 6.07 Å². The van der Waals surface area contributed by atoms with E-state index in [0.717, 1.165) is 13.1 Å². The van der Waals surface area contributed by atoms with Gasteiger partial charge in [0, 0.05) is 44.2 Å². The number of hydrogen-bond donors (Lipinski definition) is 1. The van der Waals surface area contributed by atoms with Crippen molar-refractivity contribution in [2.24, 2.45) is 0 Å². The maximum Gasteiger partial charge on any atom is 0.324 e. The Morgan fingerprint density at radius 1 is 1.24 bits per heavy atom. The highest BCUT2D eigenvalue weighted by Gasteiger charge is 2.22. The Morgan fingerprint density at radius 2 is 1.95 bits per heavy atom. The number of urea groups is 1. The number of piperazine rings is 1. The van der Waals surface area contributed by atoms with Gasteiger partial charge in [0.15, 0.2) is 0 Å². The summed E-state index contributed by atoms with van der Waals surface area (Å²) in [5.74, 6) is -0.101. The Balaban J connectivity index is 1.85. The highest BCUT2D eigenvalue weighted by Crippen LogP contribution is 2.17. The van der Waals surface area contributed by atoms with E-state index in [-0.39, 0.29) is 24.2 Å². The molecule has 114 valence electrons. The fraction of sp³-hybridized carbons (Fsp3) is 0.467. The number of benzene rings is 1. The molecule has 6 heteroatoms. The van der Waals surface area contributed by atoms with Gasteiger partial charge in [-0.3, -0.25) is 10.1 Å². The first-order chi connectivity index (χ1) is 10.1. The minimum absolute atomic E-state index is 0.163. The van der Waals surface area contributed by atoms with E-state index in [9.17, 15) is 9.59 Å². The topological polar surface area (TPSA) is 52.6 Å². The standard InChI is InChI=1S/C15H20ClN3O2/c1-12-3-2-4-13(11-12)18-7-9-19(10-8-18)15(21)17-14(20)5-6-16/h2-4,11H,5-10H2,1H3,(H,17,20,21). The van der Waals surface area contributed by atoms with Gasteiger partial charge in [-0.1, -0.05) is 12.1 Å². The van der Waals surface area contributed by atoms with Crippen molar-refractivity contribution in [2.75, 3.05) is 37.0 Å². The molecule has 0 radical (unpaired) electrons. The molecule has 1 aromatic rings. The van der Waals surface area contributed by atoms with Crippen LogP contribution in [0.2, 0.25) is 0 Å². The summed E-state index contributed by atoms with van der Waals surface area (Å²) in [7, 11) is 0. The third kappa shape index (κ3) is 4.36. The van der Waals surface area contributed by atoms with E-state index >= 15 is 0 Å². The zero-order chi connectivity index (χ0) is 15.2. The molecule has 0 unspecified atom stereocenters. The minimum Gasteiger partial charge on any atom is -0.368 e. The van der Waals surface area contributed by atoms with Crippen molar-refractivity contribution in [3.05, 3.63) is 29.8 Å². The van der Waals surface area contributed by atoms with E-state index in [0.29, 0.717) is 13.1 Å². The summed E-state index contributed by atoms with van der Waals surface area (Å²) in [4.78, 5) is 27.2. The third-order valence-corrected chi connectivity index (χ3v) is 3.69. The highest BCUT2D eigenvalue weighted by atomic mass is 35.5. The molecule has 0 spiro atoms. The number of anilines is 1. The van der Waals surface area contributed by atoms with Gasteiger partial charge in [0.1, 0.15) is 0 Å². The monoisotopic (exact) mass is 309 g/mol. The number of alkyl halides is 1. The molecule has 0 saturated carbocycles. The fourth-order valence-electron chi connectivity index (χ4n) is 2.34. The van der Waals surface area contributed by atoms with Crippen LogP contribution in [0, 0.1) is 6.92 Å². The van der Waals surface area contributed by atoms with Crippen LogP contribution in [0.1, 0.15) is 12.0 Å². The first kappa shape index (κ1) is 15.6. The largest absolute Gasteiger partial charge is 0.368 e. The number of nitrogens with one attached hydrogen (secondary N) is 1. The smallest absolute Gasteiger partial charge is 0.324 e. The molecule has 0 aliphatic carbocycles.